The predicted octanol–water partition coefficient (Wildman–Crippen LogP) is 1.05. The first kappa shape index (κ1) is 10.3. The van der Waals surface area contributed by atoms with Crippen LogP contribution in [0.2, 0.25) is 5.82 Å². The minimum atomic E-state index is -1.06. The van der Waals surface area contributed by atoms with E-state index in [-0.39, 0.29) is 17.3 Å². The molecule has 3 aliphatic rings. The number of carboxylic acid groups (broad SMARTS) is 1. The number of hydrogen-bond acceptors (Lipinski definition) is 4. The third-order valence-corrected chi connectivity index (χ3v) is 4.01. The molecule has 1 unspecified atom stereocenters. The summed E-state index contributed by atoms with van der Waals surface area (Å²) >= 11 is 0. The number of ether oxygens (including phenoxy) is 1. The van der Waals surface area contributed by atoms with Crippen molar-refractivity contribution in [3.8, 4) is 11.5 Å². The molecule has 0 radical (unpaired) electrons. The molecule has 6 heteroatoms. The molecule has 0 bridgehead atoms. The highest BCUT2D eigenvalue weighted by atomic mass is 16.5. The molecule has 0 aromatic heterocycles. The Bertz CT molecular complexity index is 570. The van der Waals surface area contributed by atoms with Crippen LogP contribution >= 0.6 is 0 Å². The van der Waals surface area contributed by atoms with Gasteiger partial charge in [-0.25, -0.2) is 4.79 Å². The van der Waals surface area contributed by atoms with Crippen LogP contribution in [0.3, 0.4) is 0 Å². The van der Waals surface area contributed by atoms with E-state index in [0.29, 0.717) is 18.1 Å². The monoisotopic (exact) mass is 246 g/mol. The summed E-state index contributed by atoms with van der Waals surface area (Å²) in [4.78, 5) is 11.4. The average molecular weight is 246 g/mol. The summed E-state index contributed by atoms with van der Waals surface area (Å²) in [6, 6.07) is 1.99. The molecule has 1 fully saturated rings. The molecule has 2 heterocycles. The van der Waals surface area contributed by atoms with E-state index in [4.69, 9.17) is 9.39 Å². The summed E-state index contributed by atoms with van der Waals surface area (Å²) in [6.07, 6.45) is 1.61. The zero-order chi connectivity index (χ0) is 12.4. The topological polar surface area (TPSA) is 76.0 Å². The molecule has 1 aromatic carbocycles. The Labute approximate surface area is 103 Å². The SMILES string of the molecule is O=C(O)c1c2c(cc3c1OB(O)[C@@H]1CC31)CCO2. The highest BCUT2D eigenvalue weighted by molar-refractivity contribution is 6.48. The fraction of sp³-hybridized carbons (Fsp3) is 0.417. The minimum absolute atomic E-state index is 0.0735. The van der Waals surface area contributed by atoms with Gasteiger partial charge in [0.15, 0.2) is 0 Å². The third kappa shape index (κ3) is 1.18. The van der Waals surface area contributed by atoms with Crippen LogP contribution in [0, 0.1) is 0 Å². The van der Waals surface area contributed by atoms with E-state index in [1.54, 1.807) is 0 Å². The lowest BCUT2D eigenvalue weighted by Crippen LogP contribution is -2.27. The van der Waals surface area contributed by atoms with Crippen LogP contribution in [0.4, 0.5) is 0 Å². The molecule has 18 heavy (non-hydrogen) atoms. The highest BCUT2D eigenvalue weighted by Gasteiger charge is 2.55. The van der Waals surface area contributed by atoms with Crippen molar-refractivity contribution in [2.24, 2.45) is 0 Å². The molecule has 2 aliphatic heterocycles. The number of carbonyl (C=O) groups is 1. The number of hydrogen-bond donors (Lipinski definition) is 2. The van der Waals surface area contributed by atoms with Crippen molar-refractivity contribution in [1.82, 2.24) is 0 Å². The number of aromatic carboxylic acids is 1. The van der Waals surface area contributed by atoms with Crippen LogP contribution in [-0.2, 0) is 6.42 Å². The van der Waals surface area contributed by atoms with Gasteiger partial charge in [-0.05, 0) is 29.5 Å². The standard InChI is InChI=1S/C12H11BO5/c14-12(15)9-10-5(1-2-17-10)3-7-6-4-8(6)13(16)18-11(7)9/h3,6,8,16H,1-2,4H2,(H,14,15)/t6?,8-/m1/s1. The molecule has 4 rings (SSSR count). The van der Waals surface area contributed by atoms with Crippen molar-refractivity contribution in [3.63, 3.8) is 0 Å². The second kappa shape index (κ2) is 3.20. The quantitative estimate of drug-likeness (QED) is 0.724. The molecule has 1 aromatic rings. The molecule has 5 nitrogen and oxygen atoms in total. The fourth-order valence-electron chi connectivity index (χ4n) is 3.03. The molecule has 92 valence electrons. The van der Waals surface area contributed by atoms with E-state index in [2.05, 4.69) is 0 Å². The van der Waals surface area contributed by atoms with E-state index >= 15 is 0 Å². The Morgan fingerprint density at radius 3 is 3.06 bits per heavy atom. The summed E-state index contributed by atoms with van der Waals surface area (Å²) in [7, 11) is -0.889. The van der Waals surface area contributed by atoms with Gasteiger partial charge in [0.2, 0.25) is 0 Å². The van der Waals surface area contributed by atoms with Crippen LogP contribution < -0.4 is 9.39 Å². The summed E-state index contributed by atoms with van der Waals surface area (Å²) in [5, 5.41) is 19.1. The summed E-state index contributed by atoms with van der Waals surface area (Å²) < 4.78 is 10.8. The van der Waals surface area contributed by atoms with Gasteiger partial charge in [0.05, 0.1) is 6.61 Å². The molecule has 2 atom stereocenters. The molecule has 1 aliphatic carbocycles. The maximum atomic E-state index is 11.4. The first-order valence-corrected chi connectivity index (χ1v) is 6.07. The molecular formula is C12H11BO5. The van der Waals surface area contributed by atoms with Crippen molar-refractivity contribution < 1.29 is 24.3 Å². The highest BCUT2D eigenvalue weighted by Crippen LogP contribution is 2.61. The van der Waals surface area contributed by atoms with Gasteiger partial charge in [-0.1, -0.05) is 0 Å². The normalized spacial score (nSPS) is 26.6. The van der Waals surface area contributed by atoms with Crippen molar-refractivity contribution in [1.29, 1.82) is 0 Å². The van der Waals surface area contributed by atoms with E-state index < -0.39 is 13.1 Å². The smallest absolute Gasteiger partial charge is 0.526 e. The molecule has 0 amide bonds. The molecule has 0 spiro atoms. The summed E-state index contributed by atoms with van der Waals surface area (Å²) in [5.74, 6) is 0.0190. The summed E-state index contributed by atoms with van der Waals surface area (Å²) in [6.45, 7) is 0.509. The lowest BCUT2D eigenvalue weighted by molar-refractivity contribution is 0.0690. The van der Waals surface area contributed by atoms with E-state index in [1.807, 2.05) is 6.07 Å². The van der Waals surface area contributed by atoms with Gasteiger partial charge < -0.3 is 19.5 Å². The van der Waals surface area contributed by atoms with Crippen LogP contribution in [0.15, 0.2) is 6.07 Å². The Morgan fingerprint density at radius 1 is 1.44 bits per heavy atom. The number of rotatable bonds is 1. The van der Waals surface area contributed by atoms with Gasteiger partial charge in [-0.3, -0.25) is 0 Å². The Kier molecular flexibility index (Phi) is 1.82. The number of benzene rings is 1. The lowest BCUT2D eigenvalue weighted by atomic mass is 9.76. The van der Waals surface area contributed by atoms with Crippen LogP contribution in [0.25, 0.3) is 0 Å². The molecule has 2 N–H and O–H groups in total. The maximum Gasteiger partial charge on any atom is 0.526 e. The largest absolute Gasteiger partial charge is 0.535 e. The second-order valence-corrected chi connectivity index (χ2v) is 5.08. The predicted molar refractivity (Wildman–Crippen MR) is 62.3 cm³/mol. The summed E-state index contributed by atoms with van der Waals surface area (Å²) in [5.41, 5.74) is 1.94. The van der Waals surface area contributed by atoms with Gasteiger partial charge >= 0.3 is 13.1 Å². The van der Waals surface area contributed by atoms with Gasteiger partial charge in [0.25, 0.3) is 0 Å². The second-order valence-electron chi connectivity index (χ2n) is 5.08. The van der Waals surface area contributed by atoms with Gasteiger partial charge in [-0.2, -0.15) is 0 Å². The van der Waals surface area contributed by atoms with Gasteiger partial charge in [0, 0.05) is 12.2 Å². The Hall–Kier alpha value is -1.69. The first-order valence-electron chi connectivity index (χ1n) is 6.07. The minimum Gasteiger partial charge on any atom is -0.535 e. The van der Waals surface area contributed by atoms with Crippen molar-refractivity contribution in [2.45, 2.75) is 24.6 Å². The van der Waals surface area contributed by atoms with Crippen LogP contribution in [-0.4, -0.2) is 29.8 Å². The zero-order valence-corrected chi connectivity index (χ0v) is 9.55. The van der Waals surface area contributed by atoms with E-state index in [0.717, 1.165) is 24.0 Å². The van der Waals surface area contributed by atoms with Crippen molar-refractivity contribution in [2.75, 3.05) is 6.61 Å². The van der Waals surface area contributed by atoms with Gasteiger partial charge in [0.1, 0.15) is 17.1 Å². The number of carboxylic acids is 1. The maximum absolute atomic E-state index is 11.4. The molecule has 0 saturated heterocycles. The molecule has 1 saturated carbocycles. The van der Waals surface area contributed by atoms with Crippen molar-refractivity contribution >= 4 is 13.1 Å². The fourth-order valence-corrected chi connectivity index (χ4v) is 3.03. The molecular weight excluding hydrogens is 235 g/mol. The third-order valence-electron chi connectivity index (χ3n) is 4.01. The first-order chi connectivity index (χ1) is 8.66. The van der Waals surface area contributed by atoms with Crippen LogP contribution in [0.5, 0.6) is 11.5 Å². The van der Waals surface area contributed by atoms with Crippen molar-refractivity contribution in [3.05, 3.63) is 22.8 Å². The average Bonchev–Trinajstić information content (AvgIpc) is 3.00. The van der Waals surface area contributed by atoms with Gasteiger partial charge in [-0.15, -0.1) is 0 Å². The lowest BCUT2D eigenvalue weighted by Gasteiger charge is -2.22. The Morgan fingerprint density at radius 2 is 2.28 bits per heavy atom. The Balaban J connectivity index is 1.98. The number of fused-ring (bicyclic) bond motifs is 4. The zero-order valence-electron chi connectivity index (χ0n) is 9.55. The van der Waals surface area contributed by atoms with E-state index in [9.17, 15) is 14.9 Å². The van der Waals surface area contributed by atoms with E-state index in [1.165, 1.54) is 0 Å². The van der Waals surface area contributed by atoms with Crippen LogP contribution in [0.1, 0.15) is 33.8 Å².